The van der Waals surface area contributed by atoms with Crippen LogP contribution in [0.25, 0.3) is 11.4 Å². The highest BCUT2D eigenvalue weighted by atomic mass is 35.5. The molecule has 5 nitrogen and oxygen atoms in total. The maximum absolute atomic E-state index is 12.0. The molecule has 1 atom stereocenters. The van der Waals surface area contributed by atoms with E-state index in [0.29, 0.717) is 27.7 Å². The largest absolute Gasteiger partial charge is 0.353 e. The van der Waals surface area contributed by atoms with Crippen molar-refractivity contribution in [3.63, 3.8) is 0 Å². The number of aromatic nitrogens is 3. The molecule has 124 valence electrons. The van der Waals surface area contributed by atoms with Gasteiger partial charge in [-0.15, -0.1) is 10.2 Å². The van der Waals surface area contributed by atoms with Crippen molar-refractivity contribution in [3.05, 3.63) is 29.3 Å². The molecule has 0 aliphatic rings. The van der Waals surface area contributed by atoms with Crippen LogP contribution in [0.15, 0.2) is 29.4 Å². The van der Waals surface area contributed by atoms with E-state index in [-0.39, 0.29) is 11.9 Å². The lowest BCUT2D eigenvalue weighted by molar-refractivity contribution is -0.119. The number of nitrogens with zero attached hydrogens (tertiary/aromatic N) is 3. The normalized spacial score (nSPS) is 12.4. The molecule has 1 aromatic heterocycles. The summed E-state index contributed by atoms with van der Waals surface area (Å²) in [4.78, 5) is 12.0. The Labute approximate surface area is 145 Å². The van der Waals surface area contributed by atoms with Crippen molar-refractivity contribution < 1.29 is 4.79 Å². The fraction of sp³-hybridized carbons (Fsp3) is 0.438. The molecule has 7 heteroatoms. The molecule has 2 rings (SSSR count). The second-order valence-corrected chi connectivity index (χ2v) is 7.08. The summed E-state index contributed by atoms with van der Waals surface area (Å²) in [5.74, 6) is 1.41. The maximum atomic E-state index is 12.0. The SMILES string of the molecule is CC(C)C(C)NC(=O)CSc1nnc(-c2ccccc2Cl)n1C. The molecule has 0 saturated heterocycles. The minimum atomic E-state index is -0.00139. The van der Waals surface area contributed by atoms with Crippen LogP contribution in [-0.4, -0.2) is 32.5 Å². The molecule has 1 unspecified atom stereocenters. The molecule has 0 spiro atoms. The van der Waals surface area contributed by atoms with Crippen molar-refractivity contribution in [1.29, 1.82) is 0 Å². The fourth-order valence-electron chi connectivity index (χ4n) is 1.91. The van der Waals surface area contributed by atoms with E-state index >= 15 is 0 Å². The first-order valence-corrected chi connectivity index (χ1v) is 8.83. The number of halogens is 1. The summed E-state index contributed by atoms with van der Waals surface area (Å²) < 4.78 is 1.85. The van der Waals surface area contributed by atoms with Crippen molar-refractivity contribution >= 4 is 29.3 Å². The highest BCUT2D eigenvalue weighted by Crippen LogP contribution is 2.28. The Bertz CT molecular complexity index is 686. The predicted molar refractivity (Wildman–Crippen MR) is 94.6 cm³/mol. The molecule has 0 saturated carbocycles. The zero-order valence-electron chi connectivity index (χ0n) is 13.7. The molecule has 1 amide bonds. The Morgan fingerprint density at radius 3 is 2.65 bits per heavy atom. The van der Waals surface area contributed by atoms with Crippen molar-refractivity contribution in [2.75, 3.05) is 5.75 Å². The highest BCUT2D eigenvalue weighted by molar-refractivity contribution is 7.99. The van der Waals surface area contributed by atoms with Crippen LogP contribution in [0.2, 0.25) is 5.02 Å². The predicted octanol–water partition coefficient (Wildman–Crippen LogP) is 3.39. The van der Waals surface area contributed by atoms with Crippen molar-refractivity contribution in [2.24, 2.45) is 13.0 Å². The summed E-state index contributed by atoms with van der Waals surface area (Å²) >= 11 is 7.57. The van der Waals surface area contributed by atoms with Gasteiger partial charge in [-0.3, -0.25) is 4.79 Å². The molecular formula is C16H21ClN4OS. The Balaban J connectivity index is 2.03. The average molecular weight is 353 g/mol. The van der Waals surface area contributed by atoms with E-state index in [9.17, 15) is 4.79 Å². The van der Waals surface area contributed by atoms with E-state index in [1.54, 1.807) is 0 Å². The first-order valence-electron chi connectivity index (χ1n) is 7.46. The van der Waals surface area contributed by atoms with Gasteiger partial charge in [0.05, 0.1) is 10.8 Å². The number of thioether (sulfide) groups is 1. The molecule has 0 fully saturated rings. The average Bonchev–Trinajstić information content (AvgIpc) is 2.86. The van der Waals surface area contributed by atoms with E-state index in [4.69, 9.17) is 11.6 Å². The fourth-order valence-corrected chi connectivity index (χ4v) is 2.85. The molecule has 0 aliphatic heterocycles. The zero-order chi connectivity index (χ0) is 17.0. The van der Waals surface area contributed by atoms with Gasteiger partial charge in [-0.2, -0.15) is 0 Å². The number of benzene rings is 1. The lowest BCUT2D eigenvalue weighted by Crippen LogP contribution is -2.37. The molecule has 0 aliphatic carbocycles. The van der Waals surface area contributed by atoms with Crippen LogP contribution in [0.1, 0.15) is 20.8 Å². The lowest BCUT2D eigenvalue weighted by atomic mass is 10.1. The standard InChI is InChI=1S/C16H21ClN4OS/c1-10(2)11(3)18-14(22)9-23-16-20-19-15(21(16)4)12-7-5-6-8-13(12)17/h5-8,10-11H,9H2,1-4H3,(H,18,22). The van der Waals surface area contributed by atoms with Gasteiger partial charge in [0.2, 0.25) is 5.91 Å². The first kappa shape index (κ1) is 17.8. The van der Waals surface area contributed by atoms with E-state index in [1.807, 2.05) is 42.8 Å². The third-order valence-electron chi connectivity index (χ3n) is 3.67. The van der Waals surface area contributed by atoms with Crippen LogP contribution in [0.5, 0.6) is 0 Å². The summed E-state index contributed by atoms with van der Waals surface area (Å²) in [7, 11) is 1.87. The van der Waals surface area contributed by atoms with Gasteiger partial charge in [-0.1, -0.05) is 49.3 Å². The van der Waals surface area contributed by atoms with Crippen LogP contribution in [-0.2, 0) is 11.8 Å². The van der Waals surface area contributed by atoms with E-state index < -0.39 is 0 Å². The molecule has 1 heterocycles. The maximum Gasteiger partial charge on any atom is 0.230 e. The summed E-state index contributed by atoms with van der Waals surface area (Å²) in [6.45, 7) is 6.17. The van der Waals surface area contributed by atoms with Gasteiger partial charge in [0.15, 0.2) is 11.0 Å². The van der Waals surface area contributed by atoms with Gasteiger partial charge in [-0.25, -0.2) is 0 Å². The summed E-state index contributed by atoms with van der Waals surface area (Å²) in [5.41, 5.74) is 0.828. The highest BCUT2D eigenvalue weighted by Gasteiger charge is 2.16. The number of hydrogen-bond acceptors (Lipinski definition) is 4. The number of carbonyl (C=O) groups is 1. The van der Waals surface area contributed by atoms with Gasteiger partial charge < -0.3 is 9.88 Å². The summed E-state index contributed by atoms with van der Waals surface area (Å²) in [5, 5.41) is 12.6. The van der Waals surface area contributed by atoms with E-state index in [1.165, 1.54) is 11.8 Å². The van der Waals surface area contributed by atoms with Crippen LogP contribution >= 0.6 is 23.4 Å². The molecule has 0 radical (unpaired) electrons. The Hall–Kier alpha value is -1.53. The summed E-state index contributed by atoms with van der Waals surface area (Å²) in [6, 6.07) is 7.65. The van der Waals surface area contributed by atoms with Gasteiger partial charge in [-0.05, 0) is 25.0 Å². The van der Waals surface area contributed by atoms with Crippen molar-refractivity contribution in [1.82, 2.24) is 20.1 Å². The molecule has 23 heavy (non-hydrogen) atoms. The smallest absolute Gasteiger partial charge is 0.230 e. The van der Waals surface area contributed by atoms with E-state index in [2.05, 4.69) is 29.4 Å². The van der Waals surface area contributed by atoms with Crippen LogP contribution in [0.4, 0.5) is 0 Å². The van der Waals surface area contributed by atoms with Crippen LogP contribution < -0.4 is 5.32 Å². The van der Waals surface area contributed by atoms with Crippen LogP contribution in [0.3, 0.4) is 0 Å². The van der Waals surface area contributed by atoms with Gasteiger partial charge >= 0.3 is 0 Å². The third kappa shape index (κ3) is 4.48. The monoisotopic (exact) mass is 352 g/mol. The number of rotatable bonds is 6. The number of carbonyl (C=O) groups excluding carboxylic acids is 1. The third-order valence-corrected chi connectivity index (χ3v) is 5.02. The zero-order valence-corrected chi connectivity index (χ0v) is 15.3. The quantitative estimate of drug-likeness (QED) is 0.809. The van der Waals surface area contributed by atoms with Gasteiger partial charge in [0.25, 0.3) is 0 Å². The van der Waals surface area contributed by atoms with Crippen molar-refractivity contribution in [3.8, 4) is 11.4 Å². The Kier molecular flexibility index (Phi) is 6.07. The number of nitrogens with one attached hydrogen (secondary N) is 1. The second-order valence-electron chi connectivity index (χ2n) is 5.73. The number of hydrogen-bond donors (Lipinski definition) is 1. The summed E-state index contributed by atoms with van der Waals surface area (Å²) in [6.07, 6.45) is 0. The minimum absolute atomic E-state index is 0.00139. The van der Waals surface area contributed by atoms with Crippen molar-refractivity contribution in [2.45, 2.75) is 32.0 Å². The minimum Gasteiger partial charge on any atom is -0.353 e. The molecule has 0 bridgehead atoms. The molecule has 1 aromatic carbocycles. The van der Waals surface area contributed by atoms with Gasteiger partial charge in [0.1, 0.15) is 0 Å². The first-order chi connectivity index (χ1) is 10.9. The molecular weight excluding hydrogens is 332 g/mol. The second kappa shape index (κ2) is 7.84. The van der Waals surface area contributed by atoms with Crippen LogP contribution in [0, 0.1) is 5.92 Å². The molecule has 1 N–H and O–H groups in total. The Morgan fingerprint density at radius 2 is 2.00 bits per heavy atom. The lowest BCUT2D eigenvalue weighted by Gasteiger charge is -2.17. The number of amides is 1. The molecule has 2 aromatic rings. The Morgan fingerprint density at radius 1 is 1.30 bits per heavy atom. The topological polar surface area (TPSA) is 59.8 Å². The van der Waals surface area contributed by atoms with E-state index in [0.717, 1.165) is 5.56 Å². The van der Waals surface area contributed by atoms with Gasteiger partial charge in [0, 0.05) is 18.7 Å².